The van der Waals surface area contributed by atoms with Crippen molar-refractivity contribution in [2.24, 2.45) is 4.99 Å². The predicted octanol–water partition coefficient (Wildman–Crippen LogP) is 15.9. The van der Waals surface area contributed by atoms with Crippen LogP contribution in [0.3, 0.4) is 0 Å². The minimum absolute atomic E-state index is 0.0856. The van der Waals surface area contributed by atoms with Crippen molar-refractivity contribution in [1.82, 2.24) is 118 Å². The standard InChI is InChI=1S/C9H7N.C8H6N2.3C7H6N2.C7H5NS.C6H5N3.C6H6O.C5H5NO.2C5H5N.3C4H4N2.C3H3N3/c1-2-6-9-8(4-1)5-3-7-10-9;1-2-4-8-7(3-1)9-5-6-10-8;1-2-6-9-7(3-1)4-5-8-9;1-2-5-9-6-4-8-7(9)3-1;2*1-2-4-7-6(3-1)8-5-9-7;1-2-4-9-6(3-1)7-5-8-9;7-6-4-2-1-3-5-6;7-5-2-1-3-6-4-5;2*1-2-4-6-5-3-1;2*1-2-6-4-3-5-1;1-2-5-4-6-3-1;1-4-2-6-3-5-1/h1-7H;1-6H;2*1-6H;1-5H,(H,8,9);2*1-5H;1-4H,5H2;1-3H,4H2;2*1-5H;3*1-4H;1-3H. The van der Waals surface area contributed by atoms with Crippen molar-refractivity contribution in [2.75, 3.05) is 6.54 Å². The number of nitrogens with zero attached hydrogens (tertiary/aromatic N) is 24. The fourth-order valence-corrected chi connectivity index (χ4v) is 9.27. The predicted molar refractivity (Wildman–Crippen MR) is 450 cm³/mol. The van der Waals surface area contributed by atoms with Crippen LogP contribution >= 0.6 is 11.3 Å². The summed E-state index contributed by atoms with van der Waals surface area (Å²) in [5, 5.41) is 9.16. The van der Waals surface area contributed by atoms with Crippen molar-refractivity contribution in [3.63, 3.8) is 0 Å². The molecule has 0 amide bonds. The second kappa shape index (κ2) is 55.2. The van der Waals surface area contributed by atoms with Crippen LogP contribution in [0.2, 0.25) is 0 Å². The summed E-state index contributed by atoms with van der Waals surface area (Å²) >= 11 is 1.68. The van der Waals surface area contributed by atoms with Gasteiger partial charge in [-0.05, 0) is 140 Å². The Morgan fingerprint density at radius 1 is 0.322 bits per heavy atom. The Balaban J connectivity index is 0.000000155. The van der Waals surface area contributed by atoms with E-state index in [0.717, 1.165) is 49.9 Å². The van der Waals surface area contributed by atoms with Crippen LogP contribution in [0.5, 0.6) is 0 Å². The molecular weight excluding hydrogens is 1460 g/mol. The molecule has 0 bridgehead atoms. The molecule has 27 nitrogen and oxygen atoms in total. The van der Waals surface area contributed by atoms with Crippen LogP contribution in [0.25, 0.3) is 60.0 Å². The van der Waals surface area contributed by atoms with E-state index >= 15 is 0 Å². The highest BCUT2D eigenvalue weighted by Gasteiger charge is 1.96. The Morgan fingerprint density at radius 3 is 1.36 bits per heavy atom. The molecule has 1 N–H and O–H groups in total. The number of ketones is 2. The second-order valence-corrected chi connectivity index (χ2v) is 22.7. The number of nitrogens with one attached hydrogen (secondary N) is 1. The first kappa shape index (κ1) is 84.4. The molecular formula is C87H77N25O2S. The number of fused-ring (bicyclic) bond motifs is 7. The van der Waals surface area contributed by atoms with Gasteiger partial charge in [-0.15, -0.1) is 11.3 Å². The number of aromatic nitrogens is 24. The van der Waals surface area contributed by atoms with E-state index in [9.17, 15) is 9.59 Å². The number of aromatic amines is 1. The summed E-state index contributed by atoms with van der Waals surface area (Å²) in [6.45, 7) is 0.330. The molecule has 22 rings (SSSR count). The number of imidazole rings is 2. The van der Waals surface area contributed by atoms with Gasteiger partial charge in [-0.2, -0.15) is 10.2 Å². The molecule has 20 aromatic rings. The van der Waals surface area contributed by atoms with Gasteiger partial charge >= 0.3 is 0 Å². The number of carbonyl (C=O) groups excluding carboxylic acids is 2. The third-order valence-corrected chi connectivity index (χ3v) is 14.6. The molecule has 17 heterocycles. The van der Waals surface area contributed by atoms with Crippen LogP contribution in [-0.2, 0) is 9.59 Å². The van der Waals surface area contributed by atoms with Crippen LogP contribution < -0.4 is 0 Å². The smallest absolute Gasteiger partial charge is 0.177 e. The van der Waals surface area contributed by atoms with Gasteiger partial charge in [-0.25, -0.2) is 53.9 Å². The van der Waals surface area contributed by atoms with Gasteiger partial charge in [0.25, 0.3) is 0 Å². The highest BCUT2D eigenvalue weighted by molar-refractivity contribution is 7.16. The van der Waals surface area contributed by atoms with Gasteiger partial charge in [0.2, 0.25) is 0 Å². The molecule has 0 unspecified atom stereocenters. The van der Waals surface area contributed by atoms with E-state index in [4.69, 9.17) is 0 Å². The number of hydrogen-bond donors (Lipinski definition) is 1. The fraction of sp³-hybridized carbons (Fsp3) is 0.0230. The number of H-pyrrole nitrogens is 1. The molecule has 0 spiro atoms. The van der Waals surface area contributed by atoms with Crippen LogP contribution in [-0.4, -0.2) is 143 Å². The normalized spacial score (nSPS) is 10.4. The molecule has 0 fully saturated rings. The molecule has 1 aliphatic heterocycles. The van der Waals surface area contributed by atoms with E-state index < -0.39 is 0 Å². The van der Waals surface area contributed by atoms with Gasteiger partial charge in [-0.3, -0.25) is 59.4 Å². The lowest BCUT2D eigenvalue weighted by atomic mass is 10.2. The fourth-order valence-electron chi connectivity index (χ4n) is 8.60. The van der Waals surface area contributed by atoms with Crippen molar-refractivity contribution in [1.29, 1.82) is 0 Å². The summed E-state index contributed by atoms with van der Waals surface area (Å²) in [5.41, 5.74) is 11.1. The number of rotatable bonds is 0. The molecule has 0 radical (unpaired) electrons. The summed E-state index contributed by atoms with van der Waals surface area (Å²) in [6.07, 6.45) is 61.4. The number of hydrogen-bond acceptors (Lipinski definition) is 24. The summed E-state index contributed by atoms with van der Waals surface area (Å²) in [4.78, 5) is 96.5. The monoisotopic (exact) mass is 1540 g/mol. The van der Waals surface area contributed by atoms with Crippen molar-refractivity contribution in [3.05, 3.63) is 435 Å². The quantitative estimate of drug-likeness (QED) is 0.147. The number of carbonyl (C=O) groups is 2. The van der Waals surface area contributed by atoms with Gasteiger partial charge < -0.3 is 9.38 Å². The van der Waals surface area contributed by atoms with E-state index in [0.29, 0.717) is 13.0 Å². The molecule has 1 aliphatic carbocycles. The maximum atomic E-state index is 10.3. The zero-order chi connectivity index (χ0) is 79.8. The number of dihydropyridines is 1. The minimum Gasteiger partial charge on any atom is -0.345 e. The number of para-hydroxylation sites is 6. The Morgan fingerprint density at radius 2 is 0.861 bits per heavy atom. The lowest BCUT2D eigenvalue weighted by Gasteiger charge is -1.91. The highest BCUT2D eigenvalue weighted by atomic mass is 32.1. The average Bonchev–Trinajstić information content (AvgIpc) is 1.14. The molecule has 2 aliphatic rings. The van der Waals surface area contributed by atoms with Crippen LogP contribution in [0.15, 0.2) is 440 Å². The van der Waals surface area contributed by atoms with E-state index in [1.54, 1.807) is 164 Å². The van der Waals surface area contributed by atoms with Gasteiger partial charge in [-0.1, -0.05) is 109 Å². The van der Waals surface area contributed by atoms with Gasteiger partial charge in [0.15, 0.2) is 17.2 Å². The number of allylic oxidation sites excluding steroid dienone is 5. The first-order valence-electron chi connectivity index (χ1n) is 35.1. The Labute approximate surface area is 666 Å². The average molecular weight is 1540 g/mol. The van der Waals surface area contributed by atoms with Crippen molar-refractivity contribution >= 4 is 89.1 Å². The number of thiazole rings is 1. The summed E-state index contributed by atoms with van der Waals surface area (Å²) in [5.74, 6) is 0.282. The number of pyridine rings is 6. The first-order chi connectivity index (χ1) is 57.1. The Bertz CT molecular complexity index is 4750. The maximum absolute atomic E-state index is 10.3. The molecule has 16 aromatic heterocycles. The largest absolute Gasteiger partial charge is 0.345 e. The van der Waals surface area contributed by atoms with Crippen LogP contribution in [0.4, 0.5) is 0 Å². The topological polar surface area (TPSA) is 333 Å². The van der Waals surface area contributed by atoms with E-state index in [1.165, 1.54) is 47.8 Å². The number of benzene rings is 4. The van der Waals surface area contributed by atoms with Crippen molar-refractivity contribution < 1.29 is 9.59 Å². The van der Waals surface area contributed by atoms with E-state index in [-0.39, 0.29) is 11.6 Å². The lowest BCUT2D eigenvalue weighted by molar-refractivity contribution is -0.114. The molecule has 4 aromatic carbocycles. The SMILES string of the molecule is O=C1C=CC=CC1.O=C1C=CC=NC1.c1ccc2[nH]cnc2c1.c1ccc2ncccc2c1.c1ccc2nccnc2c1.c1ccc2scnc2c1.c1ccn2ccnc2c1.c1ccn2nccc2c1.c1ccn2ncnc2c1.c1ccncc1.c1ccncc1.c1cnccn1.c1cnccn1.c1cncnc1.c1ncncn1. The zero-order valence-electron chi connectivity index (χ0n) is 61.9. The minimum atomic E-state index is 0.0856. The molecule has 28 heteroatoms. The van der Waals surface area contributed by atoms with Gasteiger partial charge in [0.05, 0.1) is 55.2 Å². The van der Waals surface area contributed by atoms with Crippen LogP contribution in [0.1, 0.15) is 6.42 Å². The van der Waals surface area contributed by atoms with E-state index in [1.807, 2.05) is 246 Å². The number of aliphatic imine (C=N–C) groups is 1. The molecule has 115 heavy (non-hydrogen) atoms. The van der Waals surface area contributed by atoms with E-state index in [2.05, 4.69) is 128 Å². The molecule has 0 saturated heterocycles. The molecule has 568 valence electrons. The molecule has 0 saturated carbocycles. The van der Waals surface area contributed by atoms with Gasteiger partial charge in [0, 0.05) is 161 Å². The summed E-state index contributed by atoms with van der Waals surface area (Å²) in [6, 6.07) is 68.8. The lowest BCUT2D eigenvalue weighted by Crippen LogP contribution is -2.00. The summed E-state index contributed by atoms with van der Waals surface area (Å²) in [7, 11) is 0. The van der Waals surface area contributed by atoms with Crippen molar-refractivity contribution in [3.8, 4) is 0 Å². The van der Waals surface area contributed by atoms with Gasteiger partial charge in [0.1, 0.15) is 43.8 Å². The third kappa shape index (κ3) is 36.5. The zero-order valence-corrected chi connectivity index (χ0v) is 62.8. The first-order valence-corrected chi connectivity index (χ1v) is 36.0. The molecule has 0 atom stereocenters. The van der Waals surface area contributed by atoms with Crippen LogP contribution in [0, 0.1) is 0 Å². The van der Waals surface area contributed by atoms with Crippen molar-refractivity contribution in [2.45, 2.75) is 6.42 Å². The Hall–Kier alpha value is -16.2. The summed E-state index contributed by atoms with van der Waals surface area (Å²) < 4.78 is 6.79. The third-order valence-electron chi connectivity index (χ3n) is 13.8. The Kier molecular flexibility index (Phi) is 40.5. The second-order valence-electron chi connectivity index (χ2n) is 21.8. The highest BCUT2D eigenvalue weighted by Crippen LogP contribution is 2.16. The maximum Gasteiger partial charge on any atom is 0.177 e.